The highest BCUT2D eigenvalue weighted by atomic mass is 19.2. The van der Waals surface area contributed by atoms with Crippen LogP contribution < -0.4 is 14.8 Å². The van der Waals surface area contributed by atoms with Gasteiger partial charge in [0.2, 0.25) is 5.82 Å². The van der Waals surface area contributed by atoms with Crippen molar-refractivity contribution < 1.29 is 23.0 Å². The highest BCUT2D eigenvalue weighted by Gasteiger charge is 2.27. The van der Waals surface area contributed by atoms with Gasteiger partial charge in [-0.15, -0.1) is 0 Å². The molecule has 7 nitrogen and oxygen atoms in total. The van der Waals surface area contributed by atoms with E-state index < -0.39 is 11.6 Å². The smallest absolute Gasteiger partial charge is 0.255 e. The lowest BCUT2D eigenvalue weighted by Crippen LogP contribution is -2.33. The maximum absolute atomic E-state index is 14.3. The summed E-state index contributed by atoms with van der Waals surface area (Å²) in [5.74, 6) is -1.87. The van der Waals surface area contributed by atoms with Crippen LogP contribution in [0.1, 0.15) is 59.5 Å². The van der Waals surface area contributed by atoms with Crippen LogP contribution in [0.4, 0.5) is 8.78 Å². The topological polar surface area (TPSA) is 77.8 Å². The number of amides is 1. The van der Waals surface area contributed by atoms with Crippen LogP contribution in [0.3, 0.4) is 0 Å². The average molecular weight is 493 g/mol. The minimum absolute atomic E-state index is 0.0788. The Hall–Kier alpha value is -4.01. The number of carbonyl (C=O) groups is 1. The Kier molecular flexibility index (Phi) is 6.07. The predicted octanol–water partition coefficient (Wildman–Crippen LogP) is 5.37. The van der Waals surface area contributed by atoms with Gasteiger partial charge in [-0.05, 0) is 36.6 Å². The molecule has 5 rings (SSSR count). The van der Waals surface area contributed by atoms with E-state index in [9.17, 15) is 13.6 Å². The van der Waals surface area contributed by atoms with Crippen LogP contribution in [0, 0.1) is 18.6 Å². The third kappa shape index (κ3) is 3.94. The molecule has 1 N–H and O–H groups in total. The summed E-state index contributed by atoms with van der Waals surface area (Å²) in [7, 11) is 1.28. The van der Waals surface area contributed by atoms with E-state index in [-0.39, 0.29) is 23.6 Å². The fourth-order valence-electron chi connectivity index (χ4n) is 4.76. The zero-order chi connectivity index (χ0) is 25.6. The SMILES string of the molecule is COc1cc(-c2c(C)nn3c(C(C)C)c(C(=O)N[C@H]4CCOc5ccccc54)cnc23)cc(F)c1F. The van der Waals surface area contributed by atoms with Gasteiger partial charge < -0.3 is 14.8 Å². The fourth-order valence-corrected chi connectivity index (χ4v) is 4.76. The van der Waals surface area contributed by atoms with Crippen molar-refractivity contribution in [3.63, 3.8) is 0 Å². The lowest BCUT2D eigenvalue weighted by Gasteiger charge is -2.27. The van der Waals surface area contributed by atoms with Crippen LogP contribution in [0.5, 0.6) is 11.5 Å². The number of nitrogens with zero attached hydrogens (tertiary/aromatic N) is 3. The van der Waals surface area contributed by atoms with Gasteiger partial charge in [-0.1, -0.05) is 32.0 Å². The van der Waals surface area contributed by atoms with Crippen molar-refractivity contribution >= 4 is 11.6 Å². The zero-order valence-corrected chi connectivity index (χ0v) is 20.4. The molecule has 0 aliphatic carbocycles. The minimum atomic E-state index is -1.06. The van der Waals surface area contributed by atoms with Crippen LogP contribution >= 0.6 is 0 Å². The normalized spacial score (nSPS) is 15.0. The lowest BCUT2D eigenvalue weighted by molar-refractivity contribution is 0.0922. The largest absolute Gasteiger partial charge is 0.494 e. The van der Waals surface area contributed by atoms with Gasteiger partial charge in [0.05, 0.1) is 36.7 Å². The molecule has 1 aliphatic heterocycles. The van der Waals surface area contributed by atoms with Crippen LogP contribution in [0.25, 0.3) is 16.8 Å². The first-order chi connectivity index (χ1) is 17.3. The number of hydrogen-bond acceptors (Lipinski definition) is 5. The molecule has 0 spiro atoms. The zero-order valence-electron chi connectivity index (χ0n) is 20.4. The van der Waals surface area contributed by atoms with Crippen molar-refractivity contribution in [3.05, 3.63) is 76.7 Å². The average Bonchev–Trinajstić information content (AvgIpc) is 3.20. The summed E-state index contributed by atoms with van der Waals surface area (Å²) in [6, 6.07) is 9.98. The predicted molar refractivity (Wildman–Crippen MR) is 130 cm³/mol. The van der Waals surface area contributed by atoms with E-state index in [0.29, 0.717) is 46.8 Å². The molecule has 1 amide bonds. The first kappa shape index (κ1) is 23.7. The Balaban J connectivity index is 1.59. The van der Waals surface area contributed by atoms with Gasteiger partial charge in [0.1, 0.15) is 5.75 Å². The van der Waals surface area contributed by atoms with Crippen LogP contribution in [0.15, 0.2) is 42.6 Å². The molecule has 0 saturated carbocycles. The molecule has 2 aromatic heterocycles. The van der Waals surface area contributed by atoms with Gasteiger partial charge in [0.25, 0.3) is 5.91 Å². The molecular weight excluding hydrogens is 466 g/mol. The van der Waals surface area contributed by atoms with Gasteiger partial charge >= 0.3 is 0 Å². The van der Waals surface area contributed by atoms with Gasteiger partial charge in [0, 0.05) is 23.7 Å². The minimum Gasteiger partial charge on any atom is -0.494 e. The number of hydrogen-bond donors (Lipinski definition) is 1. The molecule has 0 unspecified atom stereocenters. The molecule has 0 bridgehead atoms. The number of carbonyl (C=O) groups excluding carboxylic acids is 1. The van der Waals surface area contributed by atoms with Gasteiger partial charge in [-0.2, -0.15) is 9.49 Å². The number of rotatable bonds is 5. The third-order valence-electron chi connectivity index (χ3n) is 6.41. The Morgan fingerprint density at radius 1 is 1.25 bits per heavy atom. The summed E-state index contributed by atoms with van der Waals surface area (Å²) in [6.45, 7) is 6.20. The highest BCUT2D eigenvalue weighted by Crippen LogP contribution is 2.35. The van der Waals surface area contributed by atoms with Crippen molar-refractivity contribution in [1.29, 1.82) is 0 Å². The van der Waals surface area contributed by atoms with E-state index in [4.69, 9.17) is 9.47 Å². The number of fused-ring (bicyclic) bond motifs is 2. The summed E-state index contributed by atoms with van der Waals surface area (Å²) in [4.78, 5) is 18.0. The molecule has 0 radical (unpaired) electrons. The first-order valence-corrected chi connectivity index (χ1v) is 11.7. The Morgan fingerprint density at radius 2 is 2.03 bits per heavy atom. The highest BCUT2D eigenvalue weighted by molar-refractivity contribution is 5.96. The second-order valence-electron chi connectivity index (χ2n) is 9.08. The first-order valence-electron chi connectivity index (χ1n) is 11.7. The van der Waals surface area contributed by atoms with Crippen molar-refractivity contribution in [2.75, 3.05) is 13.7 Å². The number of aromatic nitrogens is 3. The molecule has 2 aromatic carbocycles. The molecule has 0 fully saturated rings. The van der Waals surface area contributed by atoms with E-state index in [1.807, 2.05) is 38.1 Å². The number of benzene rings is 2. The van der Waals surface area contributed by atoms with Crippen molar-refractivity contribution in [2.45, 2.75) is 39.2 Å². The van der Waals surface area contributed by atoms with Gasteiger partial charge in [-0.3, -0.25) is 4.79 Å². The van der Waals surface area contributed by atoms with E-state index in [2.05, 4.69) is 15.4 Å². The Morgan fingerprint density at radius 3 is 2.78 bits per heavy atom. The van der Waals surface area contributed by atoms with E-state index in [0.717, 1.165) is 17.4 Å². The number of aryl methyl sites for hydroxylation is 1. The Labute approximate surface area is 207 Å². The molecule has 0 saturated heterocycles. The van der Waals surface area contributed by atoms with Gasteiger partial charge in [0.15, 0.2) is 17.2 Å². The second-order valence-corrected chi connectivity index (χ2v) is 9.08. The maximum atomic E-state index is 14.3. The maximum Gasteiger partial charge on any atom is 0.255 e. The Bertz CT molecular complexity index is 1480. The third-order valence-corrected chi connectivity index (χ3v) is 6.41. The molecule has 9 heteroatoms. The number of nitrogens with one attached hydrogen (secondary N) is 1. The fraction of sp³-hybridized carbons (Fsp3) is 0.296. The molecule has 36 heavy (non-hydrogen) atoms. The van der Waals surface area contributed by atoms with Crippen LogP contribution in [-0.4, -0.2) is 34.2 Å². The summed E-state index contributed by atoms with van der Waals surface area (Å²) in [6.07, 6.45) is 2.17. The van der Waals surface area contributed by atoms with E-state index >= 15 is 0 Å². The molecule has 4 aromatic rings. The van der Waals surface area contributed by atoms with E-state index in [1.54, 1.807) is 11.4 Å². The van der Waals surface area contributed by atoms with Crippen LogP contribution in [-0.2, 0) is 0 Å². The summed E-state index contributed by atoms with van der Waals surface area (Å²) in [5, 5.41) is 7.77. The summed E-state index contributed by atoms with van der Waals surface area (Å²) in [5.41, 5.74) is 3.93. The molecular formula is C27H26F2N4O3. The second kappa shape index (κ2) is 9.22. The van der Waals surface area contributed by atoms with Crippen molar-refractivity contribution in [2.24, 2.45) is 0 Å². The standard InChI is InChI=1S/C27H26F2N4O3/c1-14(2)25-18(27(34)31-20-9-10-36-21-8-6-5-7-17(20)21)13-30-26-23(15(3)32-33(25)26)16-11-19(28)24(29)22(12-16)35-4/h5-8,11-14,20H,9-10H2,1-4H3,(H,31,34)/t20-/m0/s1. The molecule has 1 atom stereocenters. The monoisotopic (exact) mass is 492 g/mol. The van der Waals surface area contributed by atoms with Crippen molar-refractivity contribution in [3.8, 4) is 22.6 Å². The van der Waals surface area contributed by atoms with Crippen LogP contribution in [0.2, 0.25) is 0 Å². The number of methoxy groups -OCH3 is 1. The van der Waals surface area contributed by atoms with Gasteiger partial charge in [-0.25, -0.2) is 13.9 Å². The summed E-state index contributed by atoms with van der Waals surface area (Å²) < 4.78 is 40.7. The van der Waals surface area contributed by atoms with E-state index in [1.165, 1.54) is 19.4 Å². The van der Waals surface area contributed by atoms with Crippen molar-refractivity contribution in [1.82, 2.24) is 19.9 Å². The molecule has 3 heterocycles. The molecule has 186 valence electrons. The number of halogens is 2. The molecule has 1 aliphatic rings. The summed E-state index contributed by atoms with van der Waals surface area (Å²) >= 11 is 0. The quantitative estimate of drug-likeness (QED) is 0.405. The lowest BCUT2D eigenvalue weighted by atomic mass is 9.99. The number of ether oxygens (including phenoxy) is 2. The number of para-hydroxylation sites is 1.